The van der Waals surface area contributed by atoms with Crippen LogP contribution in [0.4, 0.5) is 27.6 Å². The second kappa shape index (κ2) is 15.7. The van der Waals surface area contributed by atoms with E-state index >= 15 is 0 Å². The summed E-state index contributed by atoms with van der Waals surface area (Å²) in [6, 6.07) is 33.6. The summed E-state index contributed by atoms with van der Waals surface area (Å²) in [5.74, 6) is -12.8. The first-order valence-corrected chi connectivity index (χ1v) is 15.9. The van der Waals surface area contributed by atoms with Crippen molar-refractivity contribution in [1.29, 1.82) is 0 Å². The minimum absolute atomic E-state index is 0.0180. The van der Waals surface area contributed by atoms with E-state index in [0.717, 1.165) is 22.3 Å². The van der Waals surface area contributed by atoms with Gasteiger partial charge in [-0.15, -0.1) is 0 Å². The van der Waals surface area contributed by atoms with Crippen LogP contribution >= 0.6 is 0 Å². The van der Waals surface area contributed by atoms with Gasteiger partial charge in [-0.05, 0) is 34.4 Å². The van der Waals surface area contributed by atoms with Gasteiger partial charge in [0.25, 0.3) is 5.91 Å². The van der Waals surface area contributed by atoms with E-state index in [0.29, 0.717) is 31.6 Å². The first-order valence-electron chi connectivity index (χ1n) is 15.9. The Labute approximate surface area is 285 Å². The molecule has 1 heterocycles. The highest BCUT2D eigenvalue weighted by molar-refractivity contribution is 6.04. The van der Waals surface area contributed by atoms with E-state index in [1.165, 1.54) is 12.1 Å². The van der Waals surface area contributed by atoms with Crippen LogP contribution in [0.25, 0.3) is 0 Å². The number of carbonyl (C=O) groups excluding carboxylic acids is 1. The molecule has 0 radical (unpaired) electrons. The quantitative estimate of drug-likeness (QED) is 0.0830. The number of amides is 1. The van der Waals surface area contributed by atoms with Crippen molar-refractivity contribution in [3.8, 4) is 0 Å². The molecule has 0 bridgehead atoms. The zero-order valence-electron chi connectivity index (χ0n) is 26.7. The van der Waals surface area contributed by atoms with Crippen LogP contribution in [0.2, 0.25) is 0 Å². The van der Waals surface area contributed by atoms with Gasteiger partial charge in [-0.25, -0.2) is 22.0 Å². The zero-order valence-corrected chi connectivity index (χ0v) is 26.7. The van der Waals surface area contributed by atoms with E-state index in [2.05, 4.69) is 34.5 Å². The summed E-state index contributed by atoms with van der Waals surface area (Å²) in [7, 11) is 0. The molecule has 0 aliphatic carbocycles. The Bertz CT molecular complexity index is 1860. The van der Waals surface area contributed by atoms with Gasteiger partial charge in [-0.2, -0.15) is 0 Å². The van der Waals surface area contributed by atoms with Crippen molar-refractivity contribution in [1.82, 2.24) is 4.90 Å². The number of hydrogen-bond donors (Lipinski definition) is 2. The van der Waals surface area contributed by atoms with Gasteiger partial charge in [0.05, 0.1) is 18.8 Å². The maximum Gasteiger partial charge on any atom is 0.261 e. The Balaban J connectivity index is 1.27. The predicted octanol–water partition coefficient (Wildman–Crippen LogP) is 8.37. The van der Waals surface area contributed by atoms with Crippen molar-refractivity contribution in [2.75, 3.05) is 11.9 Å². The fourth-order valence-corrected chi connectivity index (χ4v) is 5.95. The van der Waals surface area contributed by atoms with Gasteiger partial charge in [0, 0.05) is 37.3 Å². The van der Waals surface area contributed by atoms with Crippen LogP contribution in [-0.4, -0.2) is 28.6 Å². The summed E-state index contributed by atoms with van der Waals surface area (Å²) in [6.07, 6.45) is -1.26. The van der Waals surface area contributed by atoms with Crippen LogP contribution in [0.5, 0.6) is 0 Å². The van der Waals surface area contributed by atoms with E-state index < -0.39 is 53.0 Å². The minimum Gasteiger partial charge on any atom is -0.392 e. The van der Waals surface area contributed by atoms with E-state index in [-0.39, 0.29) is 18.4 Å². The Morgan fingerprint density at radius 1 is 0.680 bits per heavy atom. The third-order valence-corrected chi connectivity index (χ3v) is 8.43. The summed E-state index contributed by atoms with van der Waals surface area (Å²) in [6.45, 7) is 1.70. The van der Waals surface area contributed by atoms with Crippen LogP contribution in [0.3, 0.4) is 0 Å². The largest absolute Gasteiger partial charge is 0.392 e. The molecule has 1 saturated heterocycles. The van der Waals surface area contributed by atoms with Gasteiger partial charge in [0.15, 0.2) is 29.6 Å². The van der Waals surface area contributed by atoms with Crippen LogP contribution in [0, 0.1) is 29.1 Å². The molecule has 5 aromatic carbocycles. The average molecular weight is 689 g/mol. The van der Waals surface area contributed by atoms with Crippen molar-refractivity contribution in [2.24, 2.45) is 0 Å². The second-order valence-electron chi connectivity index (χ2n) is 12.0. The number of rotatable bonds is 11. The number of aliphatic hydroxyl groups is 1. The van der Waals surface area contributed by atoms with E-state index in [9.17, 15) is 31.9 Å². The van der Waals surface area contributed by atoms with Crippen molar-refractivity contribution >= 4 is 11.6 Å². The Morgan fingerprint density at radius 2 is 1.26 bits per heavy atom. The van der Waals surface area contributed by atoms with E-state index in [4.69, 9.17) is 9.47 Å². The fraction of sp³-hybridized carbons (Fsp3) is 0.205. The highest BCUT2D eigenvalue weighted by Crippen LogP contribution is 2.39. The molecule has 11 heteroatoms. The molecule has 258 valence electrons. The lowest BCUT2D eigenvalue weighted by Crippen LogP contribution is -2.39. The molecule has 3 atom stereocenters. The van der Waals surface area contributed by atoms with Gasteiger partial charge < -0.3 is 19.9 Å². The van der Waals surface area contributed by atoms with Crippen molar-refractivity contribution in [3.05, 3.63) is 172 Å². The number of nitrogens with one attached hydrogen (secondary N) is 1. The van der Waals surface area contributed by atoms with Crippen molar-refractivity contribution in [3.63, 3.8) is 0 Å². The zero-order chi connectivity index (χ0) is 35.2. The summed E-state index contributed by atoms with van der Waals surface area (Å²) in [4.78, 5) is 15.1. The molecule has 1 aliphatic heterocycles. The number of ether oxygens (including phenoxy) is 2. The third kappa shape index (κ3) is 8.09. The molecule has 1 amide bonds. The summed E-state index contributed by atoms with van der Waals surface area (Å²) in [5, 5.41) is 11.8. The summed E-state index contributed by atoms with van der Waals surface area (Å²) >= 11 is 0. The Kier molecular flexibility index (Phi) is 11.0. The monoisotopic (exact) mass is 688 g/mol. The van der Waals surface area contributed by atoms with Crippen molar-refractivity contribution in [2.45, 2.75) is 44.6 Å². The van der Waals surface area contributed by atoms with E-state index in [1.54, 1.807) is 12.1 Å². The second-order valence-corrected chi connectivity index (χ2v) is 12.0. The summed E-state index contributed by atoms with van der Waals surface area (Å²) in [5.41, 5.74) is 2.71. The fourth-order valence-electron chi connectivity index (χ4n) is 5.95. The van der Waals surface area contributed by atoms with Crippen LogP contribution in [0.15, 0.2) is 109 Å². The van der Waals surface area contributed by atoms with E-state index in [1.807, 2.05) is 60.7 Å². The molecule has 0 spiro atoms. The van der Waals surface area contributed by atoms with Gasteiger partial charge in [0.1, 0.15) is 5.56 Å². The Morgan fingerprint density at radius 3 is 1.84 bits per heavy atom. The maximum atomic E-state index is 14.4. The first kappa shape index (κ1) is 34.9. The maximum absolute atomic E-state index is 14.4. The highest BCUT2D eigenvalue weighted by atomic mass is 19.2. The standard InChI is InChI=1S/C39H33F5N2O4/c40-33-32(34(41)36(43)37(44)35(33)42)38(48)45-29-13-7-12-28(18-29)39-49-30(19-31(50-39)27-16-14-26(23-47)15-17-27)22-46(20-24-8-3-1-4-9-24)21-25-10-5-2-6-11-25/h1-18,30-31,39,47H,19-23H2,(H,45,48). The van der Waals surface area contributed by atoms with Gasteiger partial charge >= 0.3 is 0 Å². The van der Waals surface area contributed by atoms with Gasteiger partial charge in [-0.1, -0.05) is 97.1 Å². The van der Waals surface area contributed by atoms with Crippen LogP contribution in [0.1, 0.15) is 57.0 Å². The molecule has 3 unspecified atom stereocenters. The molecule has 2 N–H and O–H groups in total. The molecular formula is C39H33F5N2O4. The molecule has 1 fully saturated rings. The first-order chi connectivity index (χ1) is 24.2. The number of carbonyl (C=O) groups is 1. The lowest BCUT2D eigenvalue weighted by molar-refractivity contribution is -0.253. The minimum atomic E-state index is -2.36. The molecule has 6 nitrogen and oxygen atoms in total. The lowest BCUT2D eigenvalue weighted by atomic mass is 9.99. The molecule has 0 saturated carbocycles. The topological polar surface area (TPSA) is 71.0 Å². The SMILES string of the molecule is O=C(Nc1cccc(C2OC(CN(Cc3ccccc3)Cc3ccccc3)CC(c3ccc(CO)cc3)O2)c1)c1c(F)c(F)c(F)c(F)c1F. The van der Waals surface area contributed by atoms with Gasteiger partial charge in [-0.3, -0.25) is 9.69 Å². The van der Waals surface area contributed by atoms with Crippen molar-refractivity contribution < 1.29 is 41.3 Å². The highest BCUT2D eigenvalue weighted by Gasteiger charge is 2.34. The number of aliphatic hydroxyl groups excluding tert-OH is 1. The number of halogens is 5. The Hall–Kier alpha value is -4.94. The third-order valence-electron chi connectivity index (χ3n) is 8.43. The van der Waals surface area contributed by atoms with Crippen LogP contribution in [-0.2, 0) is 29.2 Å². The summed E-state index contributed by atoms with van der Waals surface area (Å²) < 4.78 is 82.9. The van der Waals surface area contributed by atoms with Gasteiger partial charge in [0.2, 0.25) is 5.82 Å². The number of anilines is 1. The molecule has 6 rings (SSSR count). The number of hydrogen-bond acceptors (Lipinski definition) is 5. The molecule has 5 aromatic rings. The molecular weight excluding hydrogens is 655 g/mol. The predicted molar refractivity (Wildman–Crippen MR) is 176 cm³/mol. The lowest BCUT2D eigenvalue weighted by Gasteiger charge is -2.38. The molecule has 1 aliphatic rings. The molecule has 0 aromatic heterocycles. The average Bonchev–Trinajstić information content (AvgIpc) is 3.14. The number of nitrogens with zero attached hydrogens (tertiary/aromatic N) is 1. The molecule has 50 heavy (non-hydrogen) atoms. The smallest absolute Gasteiger partial charge is 0.261 e. The number of benzene rings is 5. The van der Waals surface area contributed by atoms with Crippen LogP contribution < -0.4 is 5.32 Å². The normalized spacial score (nSPS) is 17.5.